The second-order valence-electron chi connectivity index (χ2n) is 8.39. The summed E-state index contributed by atoms with van der Waals surface area (Å²) in [4.78, 5) is 7.90. The zero-order valence-electron chi connectivity index (χ0n) is 16.8. The highest BCUT2D eigenvalue weighted by molar-refractivity contribution is 7.91. The van der Waals surface area contributed by atoms with Crippen molar-refractivity contribution in [1.29, 1.82) is 0 Å². The Bertz CT molecular complexity index is 1540. The summed E-state index contributed by atoms with van der Waals surface area (Å²) >= 11 is 0. The molecule has 0 aliphatic heterocycles. The van der Waals surface area contributed by atoms with Crippen LogP contribution in [0.3, 0.4) is 0 Å². The smallest absolute Gasteiger partial charge is 0.179 e. The minimum absolute atomic E-state index is 0.109. The fourth-order valence-corrected chi connectivity index (χ4v) is 6.59. The van der Waals surface area contributed by atoms with Crippen molar-refractivity contribution in [2.45, 2.75) is 30.1 Å². The Hall–Kier alpha value is -3.26. The molecular weight excluding hydrogens is 410 g/mol. The Morgan fingerprint density at radius 3 is 2.81 bits per heavy atom. The second-order valence-corrected chi connectivity index (χ2v) is 10.4. The molecule has 6 rings (SSSR count). The maximum atomic E-state index is 13.1. The van der Waals surface area contributed by atoms with Gasteiger partial charge in [0.05, 0.1) is 22.4 Å². The van der Waals surface area contributed by atoms with E-state index in [2.05, 4.69) is 20.2 Å². The molecule has 0 amide bonds. The number of hydrogen-bond donors (Lipinski definition) is 1. The number of hydrogen-bond acceptors (Lipinski definition) is 5. The third kappa shape index (κ3) is 3.09. The number of fused-ring (bicyclic) bond motifs is 4. The number of nitrogens with zero attached hydrogens (tertiary/aromatic N) is 4. The van der Waals surface area contributed by atoms with E-state index in [1.54, 1.807) is 18.3 Å². The van der Waals surface area contributed by atoms with Crippen LogP contribution in [-0.4, -0.2) is 38.7 Å². The van der Waals surface area contributed by atoms with Gasteiger partial charge in [-0.25, -0.2) is 13.4 Å². The summed E-state index contributed by atoms with van der Waals surface area (Å²) in [6.45, 7) is 0. The quantitative estimate of drug-likeness (QED) is 0.462. The van der Waals surface area contributed by atoms with E-state index in [0.717, 1.165) is 47.0 Å². The van der Waals surface area contributed by atoms with Gasteiger partial charge in [0.2, 0.25) is 0 Å². The first-order valence-corrected chi connectivity index (χ1v) is 12.1. The summed E-state index contributed by atoms with van der Waals surface area (Å²) in [5, 5.41) is 10.7. The predicted molar refractivity (Wildman–Crippen MR) is 119 cm³/mol. The molecule has 5 aromatic rings. The summed E-state index contributed by atoms with van der Waals surface area (Å²) in [5.41, 5.74) is 2.46. The van der Waals surface area contributed by atoms with Gasteiger partial charge in [0.15, 0.2) is 21.1 Å². The first kappa shape index (κ1) is 18.5. The highest BCUT2D eigenvalue weighted by atomic mass is 32.2. The lowest BCUT2D eigenvalue weighted by molar-refractivity contribution is 0.550. The van der Waals surface area contributed by atoms with E-state index in [1.165, 1.54) is 0 Å². The van der Waals surface area contributed by atoms with Gasteiger partial charge in [0.1, 0.15) is 5.82 Å². The molecule has 7 nitrogen and oxygen atoms in total. The monoisotopic (exact) mass is 431 g/mol. The molecule has 2 aromatic carbocycles. The lowest BCUT2D eigenvalue weighted by atomic mass is 10.1. The van der Waals surface area contributed by atoms with Crippen LogP contribution in [0.5, 0.6) is 0 Å². The molecular formula is C23H21N5O2S. The van der Waals surface area contributed by atoms with E-state index in [-0.39, 0.29) is 17.6 Å². The molecule has 1 N–H and O–H groups in total. The van der Waals surface area contributed by atoms with Crippen LogP contribution >= 0.6 is 0 Å². The van der Waals surface area contributed by atoms with Crippen molar-refractivity contribution in [3.8, 4) is 0 Å². The molecule has 0 unspecified atom stereocenters. The minimum atomic E-state index is -3.35. The van der Waals surface area contributed by atoms with Gasteiger partial charge in [0.25, 0.3) is 0 Å². The average molecular weight is 432 g/mol. The van der Waals surface area contributed by atoms with Crippen LogP contribution in [-0.2, 0) is 9.84 Å². The van der Waals surface area contributed by atoms with E-state index in [1.807, 2.05) is 47.0 Å². The van der Waals surface area contributed by atoms with Crippen molar-refractivity contribution in [3.63, 3.8) is 0 Å². The summed E-state index contributed by atoms with van der Waals surface area (Å²) in [6.07, 6.45) is 6.14. The van der Waals surface area contributed by atoms with Crippen molar-refractivity contribution in [1.82, 2.24) is 24.6 Å². The van der Waals surface area contributed by atoms with Crippen LogP contribution in [0.25, 0.3) is 27.6 Å². The van der Waals surface area contributed by atoms with Crippen LogP contribution in [0.15, 0.2) is 65.8 Å². The number of sulfone groups is 1. The molecule has 0 saturated heterocycles. The zero-order valence-corrected chi connectivity index (χ0v) is 17.6. The van der Waals surface area contributed by atoms with Gasteiger partial charge in [-0.15, -0.1) is 10.2 Å². The fourth-order valence-electron chi connectivity index (χ4n) is 4.89. The fraction of sp³-hybridized carbons (Fsp3) is 0.261. The van der Waals surface area contributed by atoms with Gasteiger partial charge in [-0.3, -0.25) is 4.40 Å². The Kier molecular flexibility index (Phi) is 4.11. The van der Waals surface area contributed by atoms with Gasteiger partial charge in [-0.2, -0.15) is 0 Å². The summed E-state index contributed by atoms with van der Waals surface area (Å²) in [7, 11) is -3.35. The van der Waals surface area contributed by atoms with Crippen molar-refractivity contribution < 1.29 is 8.42 Å². The van der Waals surface area contributed by atoms with Crippen LogP contribution in [0, 0.1) is 5.92 Å². The molecule has 1 fully saturated rings. The van der Waals surface area contributed by atoms with Gasteiger partial charge in [-0.1, -0.05) is 30.3 Å². The molecule has 1 saturated carbocycles. The summed E-state index contributed by atoms with van der Waals surface area (Å²) < 4.78 is 28.3. The topological polar surface area (TPSA) is 93.0 Å². The number of nitrogens with one attached hydrogen (secondary N) is 1. The summed E-state index contributed by atoms with van der Waals surface area (Å²) in [5.74, 6) is 1.36. The third-order valence-corrected chi connectivity index (χ3v) is 8.29. The Morgan fingerprint density at radius 2 is 1.90 bits per heavy atom. The number of aromatic amines is 1. The van der Waals surface area contributed by atoms with Crippen LogP contribution in [0.2, 0.25) is 0 Å². The molecule has 0 bridgehead atoms. The zero-order chi connectivity index (χ0) is 21.0. The number of aromatic nitrogens is 5. The molecule has 2 atom stereocenters. The average Bonchev–Trinajstić information content (AvgIpc) is 3.51. The normalized spacial score (nSPS) is 19.6. The van der Waals surface area contributed by atoms with Crippen LogP contribution in [0.4, 0.5) is 0 Å². The van der Waals surface area contributed by atoms with E-state index in [9.17, 15) is 8.42 Å². The Balaban J connectivity index is 1.26. The number of rotatable bonds is 4. The standard InChI is InChI=1S/C23H21N5O2S/c29-31(30,19-8-7-16-3-1-2-4-17(16)12-19)14-15-5-6-18(11-15)23-27-26-21-13-25-22-20(28(21)23)9-10-24-22/h1-4,7-10,12-13,15,18,24H,5-6,11,14H2/t15-,18+/m0/s1. The third-order valence-electron chi connectivity index (χ3n) is 6.41. The first-order valence-electron chi connectivity index (χ1n) is 10.5. The van der Waals surface area contributed by atoms with Crippen molar-refractivity contribution in [2.75, 3.05) is 5.75 Å². The van der Waals surface area contributed by atoms with Crippen LogP contribution < -0.4 is 0 Å². The molecule has 1 aliphatic rings. The van der Waals surface area contributed by atoms with Gasteiger partial charge in [0, 0.05) is 12.1 Å². The SMILES string of the molecule is O=S(=O)(C[C@H]1CC[C@@H](c2nnc3cnc4[nH]ccc4n23)C1)c1ccc2ccccc2c1. The molecule has 0 radical (unpaired) electrons. The van der Waals surface area contributed by atoms with Crippen molar-refractivity contribution in [3.05, 3.63) is 66.7 Å². The Labute approximate surface area is 179 Å². The van der Waals surface area contributed by atoms with Crippen molar-refractivity contribution in [2.24, 2.45) is 5.92 Å². The summed E-state index contributed by atoms with van der Waals surface area (Å²) in [6, 6.07) is 15.2. The molecule has 31 heavy (non-hydrogen) atoms. The lowest BCUT2D eigenvalue weighted by Gasteiger charge is -2.12. The van der Waals surface area contributed by atoms with E-state index in [4.69, 9.17) is 0 Å². The van der Waals surface area contributed by atoms with Crippen molar-refractivity contribution >= 4 is 37.4 Å². The molecule has 156 valence electrons. The molecule has 3 aromatic heterocycles. The molecule has 0 spiro atoms. The molecule has 8 heteroatoms. The highest BCUT2D eigenvalue weighted by Gasteiger charge is 2.33. The molecule has 1 aliphatic carbocycles. The molecule has 3 heterocycles. The Morgan fingerprint density at radius 1 is 1.03 bits per heavy atom. The highest BCUT2D eigenvalue weighted by Crippen LogP contribution is 2.39. The van der Waals surface area contributed by atoms with E-state index >= 15 is 0 Å². The maximum absolute atomic E-state index is 13.1. The second kappa shape index (κ2) is 6.88. The van der Waals surface area contributed by atoms with Crippen LogP contribution in [0.1, 0.15) is 31.0 Å². The number of H-pyrrole nitrogens is 1. The maximum Gasteiger partial charge on any atom is 0.179 e. The van der Waals surface area contributed by atoms with Gasteiger partial charge in [-0.05, 0) is 54.2 Å². The van der Waals surface area contributed by atoms with E-state index in [0.29, 0.717) is 10.5 Å². The minimum Gasteiger partial charge on any atom is -0.345 e. The van der Waals surface area contributed by atoms with Gasteiger partial charge >= 0.3 is 0 Å². The first-order chi connectivity index (χ1) is 15.1. The van der Waals surface area contributed by atoms with E-state index < -0.39 is 9.84 Å². The predicted octanol–water partition coefficient (Wildman–Crippen LogP) is 4.12. The lowest BCUT2D eigenvalue weighted by Crippen LogP contribution is -2.14. The number of benzene rings is 2. The van der Waals surface area contributed by atoms with Gasteiger partial charge < -0.3 is 4.98 Å². The largest absolute Gasteiger partial charge is 0.345 e.